The zero-order valence-electron chi connectivity index (χ0n) is 13.7. The molecule has 5 nitrogen and oxygen atoms in total. The van der Waals surface area contributed by atoms with E-state index in [0.717, 1.165) is 6.42 Å². The van der Waals surface area contributed by atoms with E-state index in [0.29, 0.717) is 12.8 Å². The average Bonchev–Trinajstić information content (AvgIpc) is 2.26. The summed E-state index contributed by atoms with van der Waals surface area (Å²) < 4.78 is 5.19. The Morgan fingerprint density at radius 2 is 1.80 bits per heavy atom. The molecule has 0 radical (unpaired) electrons. The monoisotopic (exact) mass is 286 g/mol. The van der Waals surface area contributed by atoms with Gasteiger partial charge in [-0.2, -0.15) is 0 Å². The molecule has 0 spiro atoms. The lowest BCUT2D eigenvalue weighted by molar-refractivity contribution is -0.152. The van der Waals surface area contributed by atoms with E-state index < -0.39 is 17.6 Å². The smallest absolute Gasteiger partial charge is 0.328 e. The first-order chi connectivity index (χ1) is 9.10. The van der Waals surface area contributed by atoms with E-state index in [1.54, 1.807) is 20.8 Å². The Morgan fingerprint density at radius 3 is 2.20 bits per heavy atom. The number of carbonyl (C=O) groups excluding carboxylic acids is 2. The molecule has 1 unspecified atom stereocenters. The molecule has 5 heteroatoms. The molecule has 0 aromatic heterocycles. The van der Waals surface area contributed by atoms with Crippen molar-refractivity contribution in [3.05, 3.63) is 0 Å². The molecular weight excluding hydrogens is 256 g/mol. The van der Waals surface area contributed by atoms with Crippen LogP contribution in [0.5, 0.6) is 0 Å². The highest BCUT2D eigenvalue weighted by Gasteiger charge is 2.32. The molecular formula is C15H30N2O3. The van der Waals surface area contributed by atoms with Gasteiger partial charge in [0.2, 0.25) is 5.91 Å². The minimum absolute atomic E-state index is 0.200. The average molecular weight is 286 g/mol. The van der Waals surface area contributed by atoms with E-state index in [1.807, 2.05) is 20.8 Å². The molecule has 0 fully saturated rings. The quantitative estimate of drug-likeness (QED) is 0.669. The SMILES string of the molecule is CCCC(C)(N)C(=O)N[C@@H](CC(C)C)C(=O)OC(C)C. The largest absolute Gasteiger partial charge is 0.461 e. The van der Waals surface area contributed by atoms with Gasteiger partial charge in [0.15, 0.2) is 0 Å². The van der Waals surface area contributed by atoms with E-state index in [1.165, 1.54) is 0 Å². The summed E-state index contributed by atoms with van der Waals surface area (Å²) in [5.74, 6) is -0.421. The minimum atomic E-state index is -0.956. The summed E-state index contributed by atoms with van der Waals surface area (Å²) in [6.07, 6.45) is 1.73. The van der Waals surface area contributed by atoms with Crippen LogP contribution < -0.4 is 11.1 Å². The molecule has 0 bridgehead atoms. The van der Waals surface area contributed by atoms with Crippen LogP contribution in [0.4, 0.5) is 0 Å². The van der Waals surface area contributed by atoms with Crippen LogP contribution in [0.3, 0.4) is 0 Å². The van der Waals surface area contributed by atoms with Gasteiger partial charge in [-0.1, -0.05) is 27.2 Å². The summed E-state index contributed by atoms with van der Waals surface area (Å²) in [6, 6.07) is -0.635. The molecule has 0 aliphatic rings. The molecule has 0 saturated heterocycles. The number of amides is 1. The van der Waals surface area contributed by atoms with Crippen molar-refractivity contribution in [2.24, 2.45) is 11.7 Å². The molecule has 0 heterocycles. The predicted octanol–water partition coefficient (Wildman–Crippen LogP) is 1.99. The molecule has 3 N–H and O–H groups in total. The van der Waals surface area contributed by atoms with Crippen LogP contribution in [0, 0.1) is 5.92 Å². The lowest BCUT2D eigenvalue weighted by atomic mass is 9.95. The number of rotatable bonds is 8. The summed E-state index contributed by atoms with van der Waals surface area (Å²) >= 11 is 0. The van der Waals surface area contributed by atoms with E-state index in [4.69, 9.17) is 10.5 Å². The molecule has 0 aromatic rings. The van der Waals surface area contributed by atoms with Crippen molar-refractivity contribution in [1.82, 2.24) is 5.32 Å². The number of nitrogens with two attached hydrogens (primary N) is 1. The van der Waals surface area contributed by atoms with Gasteiger partial charge in [-0.15, -0.1) is 0 Å². The maximum absolute atomic E-state index is 12.2. The van der Waals surface area contributed by atoms with Crippen LogP contribution in [0.2, 0.25) is 0 Å². The third-order valence-corrected chi connectivity index (χ3v) is 2.94. The summed E-state index contributed by atoms with van der Waals surface area (Å²) in [5.41, 5.74) is 5.03. The molecule has 0 saturated carbocycles. The lowest BCUT2D eigenvalue weighted by Crippen LogP contribution is -2.56. The predicted molar refractivity (Wildman–Crippen MR) is 80.1 cm³/mol. The Kier molecular flexibility index (Phi) is 7.79. The molecule has 1 amide bonds. The van der Waals surface area contributed by atoms with Gasteiger partial charge in [-0.25, -0.2) is 4.79 Å². The maximum Gasteiger partial charge on any atom is 0.328 e. The molecule has 20 heavy (non-hydrogen) atoms. The van der Waals surface area contributed by atoms with Crippen LogP contribution in [0.15, 0.2) is 0 Å². The zero-order chi connectivity index (χ0) is 15.9. The second-order valence-corrected chi connectivity index (χ2v) is 6.31. The Labute approximate surface area is 122 Å². The Balaban J connectivity index is 4.80. The van der Waals surface area contributed by atoms with E-state index in [2.05, 4.69) is 5.32 Å². The van der Waals surface area contributed by atoms with Gasteiger partial charge in [-0.3, -0.25) is 4.79 Å². The van der Waals surface area contributed by atoms with Crippen molar-refractivity contribution < 1.29 is 14.3 Å². The fourth-order valence-corrected chi connectivity index (χ4v) is 1.96. The molecule has 0 aliphatic heterocycles. The fraction of sp³-hybridized carbons (Fsp3) is 0.867. The van der Waals surface area contributed by atoms with Gasteiger partial charge in [-0.05, 0) is 39.5 Å². The molecule has 2 atom stereocenters. The van der Waals surface area contributed by atoms with Gasteiger partial charge in [0.05, 0.1) is 11.6 Å². The highest BCUT2D eigenvalue weighted by molar-refractivity contribution is 5.90. The van der Waals surface area contributed by atoms with E-state index >= 15 is 0 Å². The van der Waals surface area contributed by atoms with Gasteiger partial charge in [0, 0.05) is 0 Å². The fourth-order valence-electron chi connectivity index (χ4n) is 1.96. The molecule has 0 aromatic carbocycles. The topological polar surface area (TPSA) is 81.4 Å². The number of hydrogen-bond donors (Lipinski definition) is 2. The van der Waals surface area contributed by atoms with Crippen LogP contribution in [-0.2, 0) is 14.3 Å². The summed E-state index contributed by atoms with van der Waals surface area (Å²) in [4.78, 5) is 24.2. The second-order valence-electron chi connectivity index (χ2n) is 6.31. The van der Waals surface area contributed by atoms with Crippen molar-refractivity contribution in [3.63, 3.8) is 0 Å². The van der Waals surface area contributed by atoms with Crippen LogP contribution >= 0.6 is 0 Å². The normalized spacial score (nSPS) is 15.8. The Bertz CT molecular complexity index is 325. The van der Waals surface area contributed by atoms with Crippen molar-refractivity contribution in [2.75, 3.05) is 0 Å². The summed E-state index contributed by atoms with van der Waals surface area (Å²) in [7, 11) is 0. The number of esters is 1. The van der Waals surface area contributed by atoms with E-state index in [-0.39, 0.29) is 17.9 Å². The van der Waals surface area contributed by atoms with Gasteiger partial charge in [0.1, 0.15) is 6.04 Å². The number of hydrogen-bond acceptors (Lipinski definition) is 4. The van der Waals surface area contributed by atoms with Crippen molar-refractivity contribution >= 4 is 11.9 Å². The van der Waals surface area contributed by atoms with Gasteiger partial charge >= 0.3 is 5.97 Å². The number of carbonyl (C=O) groups is 2. The maximum atomic E-state index is 12.2. The minimum Gasteiger partial charge on any atom is -0.461 e. The van der Waals surface area contributed by atoms with Crippen molar-refractivity contribution in [3.8, 4) is 0 Å². The highest BCUT2D eigenvalue weighted by Crippen LogP contribution is 2.12. The van der Waals surface area contributed by atoms with Gasteiger partial charge in [0.25, 0.3) is 0 Å². The van der Waals surface area contributed by atoms with E-state index in [9.17, 15) is 9.59 Å². The third-order valence-electron chi connectivity index (χ3n) is 2.94. The van der Waals surface area contributed by atoms with Crippen molar-refractivity contribution in [1.29, 1.82) is 0 Å². The van der Waals surface area contributed by atoms with Crippen LogP contribution in [-0.4, -0.2) is 29.6 Å². The molecule has 0 aliphatic carbocycles. The third kappa shape index (κ3) is 6.89. The first kappa shape index (κ1) is 18.9. The standard InChI is InChI=1S/C15H30N2O3/c1-7-8-15(6,16)14(19)17-12(9-10(2)3)13(18)20-11(4)5/h10-12H,7-9,16H2,1-6H3,(H,17,19)/t12-,15?/m0/s1. The summed E-state index contributed by atoms with van der Waals surface area (Å²) in [6.45, 7) is 11.2. The van der Waals surface area contributed by atoms with Gasteiger partial charge < -0.3 is 15.8 Å². The number of nitrogens with one attached hydrogen (secondary N) is 1. The zero-order valence-corrected chi connectivity index (χ0v) is 13.7. The lowest BCUT2D eigenvalue weighted by Gasteiger charge is -2.27. The second kappa shape index (κ2) is 8.25. The van der Waals surface area contributed by atoms with Crippen LogP contribution in [0.25, 0.3) is 0 Å². The van der Waals surface area contributed by atoms with Crippen LogP contribution in [0.1, 0.15) is 60.8 Å². The summed E-state index contributed by atoms with van der Waals surface area (Å²) in [5, 5.41) is 2.74. The Morgan fingerprint density at radius 1 is 1.25 bits per heavy atom. The first-order valence-corrected chi connectivity index (χ1v) is 7.40. The first-order valence-electron chi connectivity index (χ1n) is 7.40. The van der Waals surface area contributed by atoms with Crippen molar-refractivity contribution in [2.45, 2.75) is 78.5 Å². The highest BCUT2D eigenvalue weighted by atomic mass is 16.5. The Hall–Kier alpha value is -1.10. The molecule has 0 rings (SSSR count). The number of ether oxygens (including phenoxy) is 1. The molecule has 118 valence electrons.